The highest BCUT2D eigenvalue weighted by Gasteiger charge is 2.32. The van der Waals surface area contributed by atoms with Gasteiger partial charge in [0.1, 0.15) is 5.69 Å². The highest BCUT2D eigenvalue weighted by Crippen LogP contribution is 2.33. The van der Waals surface area contributed by atoms with E-state index in [9.17, 15) is 24.5 Å². The molecule has 0 radical (unpaired) electrons. The Morgan fingerprint density at radius 3 is 2.09 bits per heavy atom. The Labute approximate surface area is 199 Å². The average molecular weight is 463 g/mol. The summed E-state index contributed by atoms with van der Waals surface area (Å²) in [4.78, 5) is 50.2. The number of nitrogens with zero attached hydrogens (tertiary/aromatic N) is 1. The van der Waals surface area contributed by atoms with Crippen molar-refractivity contribution in [2.24, 2.45) is 0 Å². The van der Waals surface area contributed by atoms with Crippen molar-refractivity contribution >= 4 is 40.2 Å². The highest BCUT2D eigenvalue weighted by molar-refractivity contribution is 6.30. The van der Waals surface area contributed by atoms with Crippen molar-refractivity contribution in [1.29, 1.82) is 0 Å². The minimum atomic E-state index is -0.646. The Bertz CT molecular complexity index is 1530. The van der Waals surface area contributed by atoms with Gasteiger partial charge in [-0.05, 0) is 30.3 Å². The van der Waals surface area contributed by atoms with E-state index in [0.717, 1.165) is 6.07 Å². The molecule has 0 unspecified atom stereocenters. The van der Waals surface area contributed by atoms with E-state index in [2.05, 4.69) is 10.6 Å². The molecule has 4 aromatic rings. The van der Waals surface area contributed by atoms with Crippen molar-refractivity contribution in [3.05, 3.63) is 129 Å². The van der Waals surface area contributed by atoms with Crippen molar-refractivity contribution in [3.8, 4) is 0 Å². The van der Waals surface area contributed by atoms with Gasteiger partial charge in [0.25, 0.3) is 11.6 Å². The van der Waals surface area contributed by atoms with E-state index < -0.39 is 10.8 Å². The van der Waals surface area contributed by atoms with Gasteiger partial charge in [0.15, 0.2) is 11.6 Å². The molecule has 0 atom stereocenters. The van der Waals surface area contributed by atoms with Gasteiger partial charge >= 0.3 is 0 Å². The first-order valence-electron chi connectivity index (χ1n) is 10.7. The molecule has 8 nitrogen and oxygen atoms in total. The van der Waals surface area contributed by atoms with Crippen LogP contribution >= 0.6 is 0 Å². The molecule has 0 fully saturated rings. The van der Waals surface area contributed by atoms with Gasteiger partial charge < -0.3 is 10.6 Å². The standard InChI is InChI=1S/C27H17N3O5/c31-25-18-9-4-5-10-19(18)26(32)24-20(25)11-6-12-22(24)29-27(33)16-13-14-21(23(15-16)30(34)35)28-17-7-2-1-3-8-17/h1-15,28H,(H,29,33). The molecule has 1 amide bonds. The number of nitro groups is 1. The summed E-state index contributed by atoms with van der Waals surface area (Å²) in [6.07, 6.45) is 0. The molecule has 0 aromatic heterocycles. The van der Waals surface area contributed by atoms with Gasteiger partial charge in [-0.3, -0.25) is 24.5 Å². The smallest absolute Gasteiger partial charge is 0.293 e. The molecule has 1 aliphatic rings. The molecule has 170 valence electrons. The maximum absolute atomic E-state index is 13.2. The van der Waals surface area contributed by atoms with E-state index in [1.54, 1.807) is 54.6 Å². The monoisotopic (exact) mass is 463 g/mol. The first-order chi connectivity index (χ1) is 16.9. The lowest BCUT2D eigenvalue weighted by Gasteiger charge is -2.20. The van der Waals surface area contributed by atoms with Crippen LogP contribution < -0.4 is 10.6 Å². The average Bonchev–Trinajstić information content (AvgIpc) is 2.88. The third kappa shape index (κ3) is 3.93. The lowest BCUT2D eigenvalue weighted by atomic mass is 9.83. The number of fused-ring (bicyclic) bond motifs is 2. The molecule has 4 aromatic carbocycles. The predicted octanol–water partition coefficient (Wildman–Crippen LogP) is 5.37. The summed E-state index contributed by atoms with van der Waals surface area (Å²) in [5.74, 6) is -1.33. The molecule has 0 spiro atoms. The Balaban J connectivity index is 1.47. The van der Waals surface area contributed by atoms with E-state index in [0.29, 0.717) is 11.3 Å². The third-order valence-electron chi connectivity index (χ3n) is 5.71. The zero-order valence-electron chi connectivity index (χ0n) is 18.1. The Kier molecular flexibility index (Phi) is 5.39. The van der Waals surface area contributed by atoms with Gasteiger partial charge in [0.05, 0.1) is 16.2 Å². The maximum atomic E-state index is 13.2. The topological polar surface area (TPSA) is 118 Å². The number of anilines is 3. The molecule has 5 rings (SSSR count). The number of ketones is 2. The normalized spacial score (nSPS) is 11.9. The van der Waals surface area contributed by atoms with Gasteiger partial charge in [-0.2, -0.15) is 0 Å². The van der Waals surface area contributed by atoms with E-state index in [-0.39, 0.29) is 50.9 Å². The van der Waals surface area contributed by atoms with Gasteiger partial charge in [0, 0.05) is 34.0 Å². The molecule has 0 heterocycles. The van der Waals surface area contributed by atoms with Crippen molar-refractivity contribution in [2.75, 3.05) is 10.6 Å². The number of rotatable bonds is 5. The number of nitrogens with one attached hydrogen (secondary N) is 2. The summed E-state index contributed by atoms with van der Waals surface area (Å²) < 4.78 is 0. The number of amides is 1. The second kappa shape index (κ2) is 8.68. The van der Waals surface area contributed by atoms with Gasteiger partial charge in [-0.15, -0.1) is 0 Å². The van der Waals surface area contributed by atoms with Crippen LogP contribution in [-0.2, 0) is 0 Å². The second-order valence-electron chi connectivity index (χ2n) is 7.87. The van der Waals surface area contributed by atoms with Crippen LogP contribution in [0.5, 0.6) is 0 Å². The van der Waals surface area contributed by atoms with Crippen LogP contribution in [0.25, 0.3) is 0 Å². The van der Waals surface area contributed by atoms with Gasteiger partial charge in [-0.1, -0.05) is 54.6 Å². The van der Waals surface area contributed by atoms with Gasteiger partial charge in [0.2, 0.25) is 0 Å². The maximum Gasteiger partial charge on any atom is 0.293 e. The Morgan fingerprint density at radius 1 is 0.714 bits per heavy atom. The van der Waals surface area contributed by atoms with Gasteiger partial charge in [-0.25, -0.2) is 0 Å². The minimum absolute atomic E-state index is 0.0305. The molecular weight excluding hydrogens is 446 g/mol. The molecule has 0 aliphatic heterocycles. The second-order valence-corrected chi connectivity index (χ2v) is 7.87. The molecular formula is C27H17N3O5. The van der Waals surface area contributed by atoms with Crippen LogP contribution in [0.4, 0.5) is 22.7 Å². The van der Waals surface area contributed by atoms with Crippen LogP contribution in [0.1, 0.15) is 42.2 Å². The Hall–Kier alpha value is -5.11. The van der Waals surface area contributed by atoms with E-state index in [1.165, 1.54) is 24.3 Å². The van der Waals surface area contributed by atoms with Crippen LogP contribution in [0.2, 0.25) is 0 Å². The van der Waals surface area contributed by atoms with Crippen molar-refractivity contribution in [3.63, 3.8) is 0 Å². The summed E-state index contributed by atoms with van der Waals surface area (Å²) in [7, 11) is 0. The zero-order valence-corrected chi connectivity index (χ0v) is 18.1. The van der Waals surface area contributed by atoms with E-state index in [1.807, 2.05) is 6.07 Å². The van der Waals surface area contributed by atoms with Crippen LogP contribution in [0.3, 0.4) is 0 Å². The summed E-state index contributed by atoms with van der Waals surface area (Å²) in [5.41, 5.74) is 1.67. The minimum Gasteiger partial charge on any atom is -0.350 e. The van der Waals surface area contributed by atoms with Crippen molar-refractivity contribution in [2.45, 2.75) is 0 Å². The number of para-hydroxylation sites is 1. The molecule has 0 saturated heterocycles. The lowest BCUT2D eigenvalue weighted by molar-refractivity contribution is -0.383. The van der Waals surface area contributed by atoms with Crippen LogP contribution in [0.15, 0.2) is 91.0 Å². The summed E-state index contributed by atoms with van der Waals surface area (Å²) in [5, 5.41) is 17.3. The fourth-order valence-corrected chi connectivity index (χ4v) is 4.05. The molecule has 0 saturated carbocycles. The lowest BCUT2D eigenvalue weighted by Crippen LogP contribution is -2.24. The SMILES string of the molecule is O=C(Nc1cccc2c1C(=O)c1ccccc1C2=O)c1ccc(Nc2ccccc2)c([N+](=O)[O-])c1. The number of hydrogen-bond donors (Lipinski definition) is 2. The van der Waals surface area contributed by atoms with E-state index in [4.69, 9.17) is 0 Å². The largest absolute Gasteiger partial charge is 0.350 e. The molecule has 1 aliphatic carbocycles. The quantitative estimate of drug-likeness (QED) is 0.267. The molecule has 35 heavy (non-hydrogen) atoms. The number of carbonyl (C=O) groups is 3. The number of nitro benzene ring substituents is 1. The molecule has 8 heteroatoms. The molecule has 2 N–H and O–H groups in total. The van der Waals surface area contributed by atoms with Crippen LogP contribution in [-0.4, -0.2) is 22.4 Å². The summed E-state index contributed by atoms with van der Waals surface area (Å²) in [6.45, 7) is 0. The first kappa shape index (κ1) is 21.7. The predicted molar refractivity (Wildman–Crippen MR) is 131 cm³/mol. The zero-order chi connectivity index (χ0) is 24.5. The number of benzene rings is 4. The fraction of sp³-hybridized carbons (Fsp3) is 0. The van der Waals surface area contributed by atoms with Crippen molar-refractivity contribution in [1.82, 2.24) is 0 Å². The van der Waals surface area contributed by atoms with Crippen molar-refractivity contribution < 1.29 is 19.3 Å². The van der Waals surface area contributed by atoms with E-state index >= 15 is 0 Å². The highest BCUT2D eigenvalue weighted by atomic mass is 16.6. The summed E-state index contributed by atoms with van der Waals surface area (Å²) in [6, 6.07) is 24.1. The third-order valence-corrected chi connectivity index (χ3v) is 5.71. The van der Waals surface area contributed by atoms with Crippen LogP contribution in [0, 0.1) is 10.1 Å². The fourth-order valence-electron chi connectivity index (χ4n) is 4.05. The number of carbonyl (C=O) groups excluding carboxylic acids is 3. The molecule has 0 bridgehead atoms. The summed E-state index contributed by atoms with van der Waals surface area (Å²) >= 11 is 0. The Morgan fingerprint density at radius 2 is 1.37 bits per heavy atom. The first-order valence-corrected chi connectivity index (χ1v) is 10.7. The number of hydrogen-bond acceptors (Lipinski definition) is 6.